The summed E-state index contributed by atoms with van der Waals surface area (Å²) >= 11 is 0. The van der Waals surface area contributed by atoms with Crippen LogP contribution in [0.1, 0.15) is 20.8 Å². The van der Waals surface area contributed by atoms with Gasteiger partial charge in [-0.2, -0.15) is 0 Å². The van der Waals surface area contributed by atoms with Gasteiger partial charge in [0.1, 0.15) is 12.2 Å². The Kier molecular flexibility index (Phi) is 4.01. The molecular weight excluding hydrogens is 266 g/mol. The minimum atomic E-state index is -1.07. The zero-order valence-electron chi connectivity index (χ0n) is 11.5. The minimum absolute atomic E-state index is 0.213. The maximum Gasteiger partial charge on any atom is 0.336 e. The van der Waals surface area contributed by atoms with E-state index < -0.39 is 36.1 Å². The van der Waals surface area contributed by atoms with E-state index in [2.05, 4.69) is 10.0 Å². The van der Waals surface area contributed by atoms with E-state index in [1.54, 1.807) is 20.8 Å². The summed E-state index contributed by atoms with van der Waals surface area (Å²) < 4.78 is 16.2. The topological polar surface area (TPSA) is 114 Å². The molecule has 0 saturated carbocycles. The number of carbonyl (C=O) groups excluding carboxylic acids is 1. The quantitative estimate of drug-likeness (QED) is 0.360. The van der Waals surface area contributed by atoms with Crippen LogP contribution in [0.3, 0.4) is 0 Å². The number of aliphatic hydroxyl groups excluding tert-OH is 1. The first-order valence-corrected chi connectivity index (χ1v) is 6.36. The lowest BCUT2D eigenvalue weighted by Crippen LogP contribution is -2.47. The van der Waals surface area contributed by atoms with Gasteiger partial charge in [-0.15, -0.1) is 0 Å². The van der Waals surface area contributed by atoms with Gasteiger partial charge in [-0.1, -0.05) is 11.2 Å². The van der Waals surface area contributed by atoms with Crippen LogP contribution in [0.15, 0.2) is 16.8 Å². The Balaban J connectivity index is 2.37. The van der Waals surface area contributed by atoms with Crippen LogP contribution in [0.5, 0.6) is 0 Å². The molecule has 0 bridgehead atoms. The molecule has 2 unspecified atom stereocenters. The third-order valence-electron chi connectivity index (χ3n) is 3.17. The summed E-state index contributed by atoms with van der Waals surface area (Å²) in [7, 11) is 0. The number of aliphatic hydroxyl groups is 1. The first kappa shape index (κ1) is 14.8. The van der Waals surface area contributed by atoms with E-state index in [0.29, 0.717) is 0 Å². The summed E-state index contributed by atoms with van der Waals surface area (Å²) in [6.45, 7) is 5.27. The van der Waals surface area contributed by atoms with Crippen molar-refractivity contribution in [2.75, 3.05) is 6.61 Å². The third kappa shape index (κ3) is 2.64. The van der Waals surface area contributed by atoms with Crippen LogP contribution >= 0.6 is 0 Å². The summed E-state index contributed by atoms with van der Waals surface area (Å²) in [5, 5.41) is 13.6. The van der Waals surface area contributed by atoms with Crippen LogP contribution in [-0.4, -0.2) is 47.8 Å². The highest BCUT2D eigenvalue weighted by Crippen LogP contribution is 2.38. The maximum atomic E-state index is 12.0. The van der Waals surface area contributed by atoms with Crippen molar-refractivity contribution >= 4 is 5.97 Å². The van der Waals surface area contributed by atoms with E-state index in [1.807, 2.05) is 0 Å². The molecule has 8 heteroatoms. The lowest BCUT2D eigenvalue weighted by Gasteiger charge is -2.30. The lowest BCUT2D eigenvalue weighted by atomic mass is 9.88. The Labute approximate surface area is 115 Å². The first-order chi connectivity index (χ1) is 9.39. The fourth-order valence-corrected chi connectivity index (χ4v) is 2.41. The molecule has 1 fully saturated rings. The highest BCUT2D eigenvalue weighted by Gasteiger charge is 2.52. The third-order valence-corrected chi connectivity index (χ3v) is 3.17. The highest BCUT2D eigenvalue weighted by atomic mass is 16.8. The number of rotatable bonds is 3. The number of fused-ring (bicyclic) bond motifs is 1. The Morgan fingerprint density at radius 3 is 2.90 bits per heavy atom. The molecular formula is C12H17N3O5. The number of ether oxygens (including phenoxy) is 3. The van der Waals surface area contributed by atoms with E-state index in [-0.39, 0.29) is 12.2 Å². The predicted octanol–water partition coefficient (Wildman–Crippen LogP) is 1.05. The monoisotopic (exact) mass is 283 g/mol. The van der Waals surface area contributed by atoms with Crippen LogP contribution in [-0.2, 0) is 19.0 Å². The van der Waals surface area contributed by atoms with Gasteiger partial charge in [-0.3, -0.25) is 0 Å². The standard InChI is InChI=1S/C12H17N3O5/c1-4-18-11(17)6-5-7(14-15-13)8(16)10-9(6)19-12(2,3)20-10/h5,7-10,16H,4H2,1-3H3/t7-,8+,9?,10?/m1/s1. The van der Waals surface area contributed by atoms with Crippen molar-refractivity contribution in [2.24, 2.45) is 5.11 Å². The molecule has 0 aromatic carbocycles. The second-order valence-corrected chi connectivity index (χ2v) is 5.05. The average molecular weight is 283 g/mol. The maximum absolute atomic E-state index is 12.0. The molecule has 0 aromatic heterocycles. The van der Waals surface area contributed by atoms with E-state index in [1.165, 1.54) is 6.08 Å². The van der Waals surface area contributed by atoms with Crippen LogP contribution in [0.4, 0.5) is 0 Å². The predicted molar refractivity (Wildman–Crippen MR) is 67.5 cm³/mol. The van der Waals surface area contributed by atoms with Gasteiger partial charge in [0.05, 0.1) is 24.3 Å². The normalized spacial score (nSPS) is 34.7. The van der Waals surface area contributed by atoms with E-state index in [0.717, 1.165) is 0 Å². The van der Waals surface area contributed by atoms with E-state index in [9.17, 15) is 9.90 Å². The number of hydrogen-bond acceptors (Lipinski definition) is 6. The molecule has 0 amide bonds. The summed E-state index contributed by atoms with van der Waals surface area (Å²) in [6, 6.07) is -0.891. The Hall–Kier alpha value is -1.60. The number of carbonyl (C=O) groups is 1. The van der Waals surface area contributed by atoms with Gasteiger partial charge in [0.15, 0.2) is 5.79 Å². The molecule has 8 nitrogen and oxygen atoms in total. The smallest absolute Gasteiger partial charge is 0.336 e. The second kappa shape index (κ2) is 5.41. The summed E-state index contributed by atoms with van der Waals surface area (Å²) in [4.78, 5) is 14.6. The summed E-state index contributed by atoms with van der Waals surface area (Å²) in [5.41, 5.74) is 8.75. The number of hydrogen-bond donors (Lipinski definition) is 1. The first-order valence-electron chi connectivity index (χ1n) is 6.36. The molecule has 0 radical (unpaired) electrons. The van der Waals surface area contributed by atoms with Gasteiger partial charge in [0.25, 0.3) is 0 Å². The van der Waals surface area contributed by atoms with Crippen molar-refractivity contribution in [2.45, 2.75) is 50.9 Å². The summed E-state index contributed by atoms with van der Waals surface area (Å²) in [6.07, 6.45) is -1.20. The molecule has 110 valence electrons. The zero-order chi connectivity index (χ0) is 14.9. The van der Waals surface area contributed by atoms with Gasteiger partial charge in [-0.25, -0.2) is 4.79 Å². The van der Waals surface area contributed by atoms with Gasteiger partial charge < -0.3 is 19.3 Å². The Morgan fingerprint density at radius 2 is 2.30 bits per heavy atom. The van der Waals surface area contributed by atoms with Gasteiger partial charge in [0.2, 0.25) is 0 Å². The zero-order valence-corrected chi connectivity index (χ0v) is 11.5. The minimum Gasteiger partial charge on any atom is -0.463 e. The van der Waals surface area contributed by atoms with Crippen molar-refractivity contribution in [1.82, 2.24) is 0 Å². The molecule has 20 heavy (non-hydrogen) atoms. The fraction of sp³-hybridized carbons (Fsp3) is 0.750. The molecule has 1 saturated heterocycles. The van der Waals surface area contributed by atoms with E-state index in [4.69, 9.17) is 19.7 Å². The van der Waals surface area contributed by atoms with Crippen LogP contribution in [0.25, 0.3) is 10.4 Å². The molecule has 1 aliphatic heterocycles. The van der Waals surface area contributed by atoms with Gasteiger partial charge in [0, 0.05) is 4.91 Å². The molecule has 4 atom stereocenters. The Morgan fingerprint density at radius 1 is 1.60 bits per heavy atom. The SMILES string of the molecule is CCOC(=O)C1=C[C@@H](N=[N+]=[N-])[C@H](O)C2OC(C)(C)OC12. The Bertz CT molecular complexity index is 483. The van der Waals surface area contributed by atoms with Crippen molar-refractivity contribution in [1.29, 1.82) is 0 Å². The molecule has 1 N–H and O–H groups in total. The van der Waals surface area contributed by atoms with E-state index >= 15 is 0 Å². The van der Waals surface area contributed by atoms with Crippen molar-refractivity contribution in [3.63, 3.8) is 0 Å². The van der Waals surface area contributed by atoms with Crippen LogP contribution in [0.2, 0.25) is 0 Å². The van der Waals surface area contributed by atoms with Crippen molar-refractivity contribution in [3.05, 3.63) is 22.1 Å². The largest absolute Gasteiger partial charge is 0.463 e. The number of esters is 1. The van der Waals surface area contributed by atoms with Crippen molar-refractivity contribution < 1.29 is 24.1 Å². The fourth-order valence-electron chi connectivity index (χ4n) is 2.41. The molecule has 0 aromatic rings. The molecule has 1 heterocycles. The molecule has 2 rings (SSSR count). The van der Waals surface area contributed by atoms with Crippen LogP contribution < -0.4 is 0 Å². The number of nitrogens with zero attached hydrogens (tertiary/aromatic N) is 3. The summed E-state index contributed by atoms with van der Waals surface area (Å²) in [5.74, 6) is -1.50. The average Bonchev–Trinajstić information content (AvgIpc) is 2.69. The van der Waals surface area contributed by atoms with Crippen molar-refractivity contribution in [3.8, 4) is 0 Å². The van der Waals surface area contributed by atoms with Crippen LogP contribution in [0, 0.1) is 0 Å². The highest BCUT2D eigenvalue weighted by molar-refractivity contribution is 5.90. The van der Waals surface area contributed by atoms with Gasteiger partial charge >= 0.3 is 5.97 Å². The molecule has 1 aliphatic carbocycles. The number of azide groups is 1. The molecule has 2 aliphatic rings. The van der Waals surface area contributed by atoms with Gasteiger partial charge in [-0.05, 0) is 26.3 Å². The second-order valence-electron chi connectivity index (χ2n) is 5.05. The molecule has 0 spiro atoms. The lowest BCUT2D eigenvalue weighted by molar-refractivity contribution is -0.154.